The second-order valence-electron chi connectivity index (χ2n) is 5.65. The Kier molecular flexibility index (Phi) is 3.61. The van der Waals surface area contributed by atoms with E-state index in [9.17, 15) is 4.79 Å². The molecule has 1 aromatic rings. The lowest BCUT2D eigenvalue weighted by Crippen LogP contribution is -2.19. The first kappa shape index (κ1) is 13.6. The molecule has 0 fully saturated rings. The lowest BCUT2D eigenvalue weighted by molar-refractivity contribution is 0.765. The highest BCUT2D eigenvalue weighted by molar-refractivity contribution is 5.67. The molecule has 1 aliphatic heterocycles. The third kappa shape index (κ3) is 2.49. The molecule has 0 spiro atoms. The van der Waals surface area contributed by atoms with E-state index in [1.807, 2.05) is 53.1 Å². The SMILES string of the molecule is CC(C)c1c2cccccc-2n(Cc2ccccc2)c1=O. The van der Waals surface area contributed by atoms with Gasteiger partial charge in [0, 0.05) is 11.1 Å². The normalized spacial score (nSPS) is 11.2. The van der Waals surface area contributed by atoms with E-state index in [-0.39, 0.29) is 11.5 Å². The minimum Gasteiger partial charge on any atom is -0.304 e. The zero-order valence-corrected chi connectivity index (χ0v) is 12.4. The van der Waals surface area contributed by atoms with E-state index in [1.54, 1.807) is 0 Å². The van der Waals surface area contributed by atoms with Crippen molar-refractivity contribution in [1.29, 1.82) is 0 Å². The Labute approximate surface area is 125 Å². The fourth-order valence-electron chi connectivity index (χ4n) is 2.85. The third-order valence-electron chi connectivity index (χ3n) is 3.83. The number of aromatic nitrogens is 1. The van der Waals surface area contributed by atoms with E-state index < -0.39 is 0 Å². The second-order valence-corrected chi connectivity index (χ2v) is 5.65. The van der Waals surface area contributed by atoms with Gasteiger partial charge in [-0.2, -0.15) is 0 Å². The molecule has 2 heteroatoms. The molecule has 0 N–H and O–H groups in total. The summed E-state index contributed by atoms with van der Waals surface area (Å²) in [6.45, 7) is 4.78. The van der Waals surface area contributed by atoms with Gasteiger partial charge in [0.05, 0.1) is 12.2 Å². The van der Waals surface area contributed by atoms with Gasteiger partial charge in [-0.25, -0.2) is 0 Å². The van der Waals surface area contributed by atoms with Gasteiger partial charge in [0.1, 0.15) is 0 Å². The zero-order valence-electron chi connectivity index (χ0n) is 12.4. The minimum absolute atomic E-state index is 0.134. The first-order valence-electron chi connectivity index (χ1n) is 7.34. The van der Waals surface area contributed by atoms with Gasteiger partial charge < -0.3 is 4.57 Å². The fraction of sp³-hybridized carbons (Fsp3) is 0.211. The Bertz CT molecular complexity index is 771. The fourth-order valence-corrected chi connectivity index (χ4v) is 2.85. The molecule has 2 nitrogen and oxygen atoms in total. The molecular formula is C19H19NO. The molecule has 0 amide bonds. The topological polar surface area (TPSA) is 22.0 Å². The number of nitrogens with zero attached hydrogens (tertiary/aromatic N) is 1. The quantitative estimate of drug-likeness (QED) is 0.705. The van der Waals surface area contributed by atoms with Crippen molar-refractivity contribution >= 4 is 0 Å². The van der Waals surface area contributed by atoms with Gasteiger partial charge in [0.2, 0.25) is 0 Å². The number of fused-ring (bicyclic) bond motifs is 1. The Hall–Kier alpha value is -2.35. The molecule has 106 valence electrons. The maximum atomic E-state index is 12.8. The van der Waals surface area contributed by atoms with Crippen LogP contribution in [0.5, 0.6) is 0 Å². The third-order valence-corrected chi connectivity index (χ3v) is 3.83. The molecule has 0 atom stereocenters. The van der Waals surface area contributed by atoms with Crippen LogP contribution in [0.2, 0.25) is 0 Å². The highest BCUT2D eigenvalue weighted by atomic mass is 16.1. The van der Waals surface area contributed by atoms with Crippen molar-refractivity contribution in [3.63, 3.8) is 0 Å². The van der Waals surface area contributed by atoms with Crippen LogP contribution in [-0.4, -0.2) is 4.57 Å². The number of rotatable bonds is 3. The molecule has 0 bridgehead atoms. The maximum Gasteiger partial charge on any atom is 0.255 e. The molecule has 0 unspecified atom stereocenters. The van der Waals surface area contributed by atoms with Gasteiger partial charge in [-0.05, 0) is 17.5 Å². The molecule has 1 aliphatic carbocycles. The van der Waals surface area contributed by atoms with Crippen molar-refractivity contribution in [1.82, 2.24) is 4.57 Å². The second kappa shape index (κ2) is 5.57. The molecule has 0 radical (unpaired) electrons. The predicted molar refractivity (Wildman–Crippen MR) is 87.0 cm³/mol. The summed E-state index contributed by atoms with van der Waals surface area (Å²) in [5, 5.41) is 0. The molecule has 0 saturated carbocycles. The van der Waals surface area contributed by atoms with Gasteiger partial charge in [0.25, 0.3) is 5.56 Å². The van der Waals surface area contributed by atoms with Gasteiger partial charge in [-0.1, -0.05) is 68.4 Å². The van der Waals surface area contributed by atoms with Gasteiger partial charge in [-0.15, -0.1) is 0 Å². The van der Waals surface area contributed by atoms with Crippen molar-refractivity contribution < 1.29 is 0 Å². The van der Waals surface area contributed by atoms with Gasteiger partial charge in [0.15, 0.2) is 0 Å². The molecule has 0 saturated heterocycles. The Morgan fingerprint density at radius 3 is 2.19 bits per heavy atom. The highest BCUT2D eigenvalue weighted by Gasteiger charge is 2.21. The number of hydrogen-bond donors (Lipinski definition) is 0. The minimum atomic E-state index is 0.134. The molecule has 3 rings (SSSR count). The lowest BCUT2D eigenvalue weighted by Gasteiger charge is -2.05. The molecule has 21 heavy (non-hydrogen) atoms. The first-order chi connectivity index (χ1) is 10.2. The summed E-state index contributed by atoms with van der Waals surface area (Å²) in [6, 6.07) is 20.2. The van der Waals surface area contributed by atoms with Crippen molar-refractivity contribution in [2.24, 2.45) is 0 Å². The van der Waals surface area contributed by atoms with E-state index in [2.05, 4.69) is 26.0 Å². The van der Waals surface area contributed by atoms with E-state index >= 15 is 0 Å². The van der Waals surface area contributed by atoms with Crippen LogP contribution in [-0.2, 0) is 6.54 Å². The number of hydrogen-bond acceptors (Lipinski definition) is 1. The van der Waals surface area contributed by atoms with Gasteiger partial charge >= 0.3 is 0 Å². The smallest absolute Gasteiger partial charge is 0.255 e. The summed E-state index contributed by atoms with van der Waals surface area (Å²) < 4.78 is 1.89. The van der Waals surface area contributed by atoms with Crippen LogP contribution in [0.3, 0.4) is 0 Å². The summed E-state index contributed by atoms with van der Waals surface area (Å²) in [7, 11) is 0. The number of benzene rings is 1. The summed E-state index contributed by atoms with van der Waals surface area (Å²) in [5.74, 6) is 0.222. The average Bonchev–Trinajstić information content (AvgIpc) is 2.64. The van der Waals surface area contributed by atoms with Crippen LogP contribution in [0.1, 0.15) is 30.9 Å². The molecule has 0 aromatic heterocycles. The molecular weight excluding hydrogens is 258 g/mol. The van der Waals surface area contributed by atoms with Crippen molar-refractivity contribution in [2.75, 3.05) is 0 Å². The predicted octanol–water partition coefficient (Wildman–Crippen LogP) is 4.12. The summed E-state index contributed by atoms with van der Waals surface area (Å²) >= 11 is 0. The molecule has 1 aromatic carbocycles. The maximum absolute atomic E-state index is 12.8. The molecule has 1 heterocycles. The average molecular weight is 277 g/mol. The van der Waals surface area contributed by atoms with Crippen LogP contribution < -0.4 is 5.56 Å². The van der Waals surface area contributed by atoms with Crippen LogP contribution in [0, 0.1) is 0 Å². The van der Waals surface area contributed by atoms with Crippen molar-refractivity contribution in [3.8, 4) is 11.3 Å². The van der Waals surface area contributed by atoms with E-state index in [4.69, 9.17) is 0 Å². The Morgan fingerprint density at radius 1 is 0.905 bits per heavy atom. The summed E-state index contributed by atoms with van der Waals surface area (Å²) in [4.78, 5) is 12.8. The Balaban J connectivity index is 2.20. The largest absolute Gasteiger partial charge is 0.304 e. The van der Waals surface area contributed by atoms with Crippen molar-refractivity contribution in [2.45, 2.75) is 26.3 Å². The lowest BCUT2D eigenvalue weighted by atomic mass is 10.0. The van der Waals surface area contributed by atoms with E-state index in [1.165, 1.54) is 0 Å². The van der Waals surface area contributed by atoms with Crippen LogP contribution >= 0.6 is 0 Å². The monoisotopic (exact) mass is 277 g/mol. The summed E-state index contributed by atoms with van der Waals surface area (Å²) in [5.41, 5.74) is 4.27. The van der Waals surface area contributed by atoms with Crippen LogP contribution in [0.25, 0.3) is 11.3 Å². The van der Waals surface area contributed by atoms with E-state index in [0.29, 0.717) is 6.54 Å². The zero-order chi connectivity index (χ0) is 14.8. The first-order valence-corrected chi connectivity index (χ1v) is 7.34. The standard InChI is InChI=1S/C19H19NO/c1-14(2)18-16-11-7-4-8-12-17(16)20(19(18)21)13-15-9-5-3-6-10-15/h3-12,14H,13H2,1-2H3. The van der Waals surface area contributed by atoms with E-state index in [0.717, 1.165) is 22.4 Å². The molecule has 2 aliphatic rings. The highest BCUT2D eigenvalue weighted by Crippen LogP contribution is 2.29. The van der Waals surface area contributed by atoms with Crippen LogP contribution in [0.15, 0.2) is 65.5 Å². The van der Waals surface area contributed by atoms with Gasteiger partial charge in [-0.3, -0.25) is 4.79 Å². The summed E-state index contributed by atoms with van der Waals surface area (Å²) in [6.07, 6.45) is 0. The van der Waals surface area contributed by atoms with Crippen LogP contribution in [0.4, 0.5) is 0 Å². The Morgan fingerprint density at radius 2 is 1.52 bits per heavy atom. The van der Waals surface area contributed by atoms with Crippen molar-refractivity contribution in [3.05, 3.63) is 82.1 Å².